The minimum Gasteiger partial charge on any atom is -0.451 e. The van der Waals surface area contributed by atoms with Crippen molar-refractivity contribution in [2.45, 2.75) is 0 Å². The van der Waals surface area contributed by atoms with Crippen molar-refractivity contribution in [2.75, 3.05) is 6.61 Å². The molecule has 0 saturated carbocycles. The van der Waals surface area contributed by atoms with Gasteiger partial charge < -0.3 is 4.42 Å². The molecule has 0 aliphatic carbocycles. The van der Waals surface area contributed by atoms with Gasteiger partial charge in [-0.05, 0) is 12.1 Å². The first-order chi connectivity index (χ1) is 7.81. The molecular formula is C12H11NO3. The predicted molar refractivity (Wildman–Crippen MR) is 59.8 cm³/mol. The summed E-state index contributed by atoms with van der Waals surface area (Å²) in [7, 11) is 0. The second-order valence-electron chi connectivity index (χ2n) is 3.18. The lowest BCUT2D eigenvalue weighted by atomic mass is 10.2. The number of fused-ring (bicyclic) bond motifs is 1. The second kappa shape index (κ2) is 4.63. The Hall–Kier alpha value is -2.07. The van der Waals surface area contributed by atoms with Crippen LogP contribution in [0.5, 0.6) is 0 Å². The number of hydrogen-bond acceptors (Lipinski definition) is 3. The van der Waals surface area contributed by atoms with Gasteiger partial charge in [-0.3, -0.25) is 9.63 Å². The standard InChI is InChI=1S/C12H11NO3/c1-2-7-15-13-12(14)11-8-9-5-3-4-6-10(9)16-11/h2-6,8H,1,7H2,(H,13,14). The Balaban J connectivity index is 2.13. The van der Waals surface area contributed by atoms with Gasteiger partial charge in [0.05, 0.1) is 6.61 Å². The van der Waals surface area contributed by atoms with Crippen LogP contribution in [0, 0.1) is 0 Å². The lowest BCUT2D eigenvalue weighted by Gasteiger charge is -1.99. The van der Waals surface area contributed by atoms with Gasteiger partial charge in [0.15, 0.2) is 5.76 Å². The Morgan fingerprint density at radius 2 is 2.31 bits per heavy atom. The van der Waals surface area contributed by atoms with E-state index < -0.39 is 5.91 Å². The van der Waals surface area contributed by atoms with Crippen molar-refractivity contribution >= 4 is 16.9 Å². The summed E-state index contributed by atoms with van der Waals surface area (Å²) in [5.41, 5.74) is 2.93. The number of hydroxylamine groups is 1. The monoisotopic (exact) mass is 217 g/mol. The Labute approximate surface area is 92.5 Å². The van der Waals surface area contributed by atoms with E-state index in [1.165, 1.54) is 0 Å². The first-order valence-corrected chi connectivity index (χ1v) is 4.83. The minimum atomic E-state index is -0.405. The Morgan fingerprint density at radius 3 is 3.06 bits per heavy atom. The highest BCUT2D eigenvalue weighted by molar-refractivity contribution is 5.95. The van der Waals surface area contributed by atoms with E-state index in [-0.39, 0.29) is 12.4 Å². The fraction of sp³-hybridized carbons (Fsp3) is 0.0833. The van der Waals surface area contributed by atoms with E-state index in [0.29, 0.717) is 5.58 Å². The Kier molecular flexibility index (Phi) is 3.03. The molecule has 0 unspecified atom stereocenters. The summed E-state index contributed by atoms with van der Waals surface area (Å²) < 4.78 is 5.34. The molecule has 0 radical (unpaired) electrons. The van der Waals surface area contributed by atoms with E-state index in [2.05, 4.69) is 12.1 Å². The molecule has 0 fully saturated rings. The Morgan fingerprint density at radius 1 is 1.50 bits per heavy atom. The maximum atomic E-state index is 11.5. The van der Waals surface area contributed by atoms with E-state index >= 15 is 0 Å². The topological polar surface area (TPSA) is 51.5 Å². The summed E-state index contributed by atoms with van der Waals surface area (Å²) in [4.78, 5) is 16.3. The first kappa shape index (κ1) is 10.4. The van der Waals surface area contributed by atoms with Crippen LogP contribution in [0.4, 0.5) is 0 Å². The number of amides is 1. The summed E-state index contributed by atoms with van der Waals surface area (Å²) in [6.07, 6.45) is 1.54. The smallest absolute Gasteiger partial charge is 0.310 e. The fourth-order valence-corrected chi connectivity index (χ4v) is 1.31. The lowest BCUT2D eigenvalue weighted by Crippen LogP contribution is -2.23. The normalized spacial score (nSPS) is 10.2. The number of nitrogens with one attached hydrogen (secondary N) is 1. The molecule has 4 heteroatoms. The number of hydrogen-bond donors (Lipinski definition) is 1. The van der Waals surface area contributed by atoms with Crippen molar-refractivity contribution in [2.24, 2.45) is 0 Å². The van der Waals surface area contributed by atoms with Crippen LogP contribution >= 0.6 is 0 Å². The molecule has 0 saturated heterocycles. The molecule has 2 rings (SSSR count). The van der Waals surface area contributed by atoms with Crippen LogP contribution < -0.4 is 5.48 Å². The zero-order valence-electron chi connectivity index (χ0n) is 8.60. The van der Waals surface area contributed by atoms with Crippen molar-refractivity contribution in [1.29, 1.82) is 0 Å². The molecule has 1 N–H and O–H groups in total. The molecule has 1 heterocycles. The minimum absolute atomic E-state index is 0.227. The summed E-state index contributed by atoms with van der Waals surface area (Å²) in [5, 5.41) is 0.886. The summed E-state index contributed by atoms with van der Waals surface area (Å²) >= 11 is 0. The van der Waals surface area contributed by atoms with Gasteiger partial charge in [-0.1, -0.05) is 24.3 Å². The molecule has 0 aliphatic rings. The summed E-state index contributed by atoms with van der Waals surface area (Å²) in [5.74, 6) is -0.177. The maximum Gasteiger partial charge on any atom is 0.310 e. The predicted octanol–water partition coefficient (Wildman–Crippen LogP) is 2.28. The first-order valence-electron chi connectivity index (χ1n) is 4.83. The number of rotatable bonds is 4. The van der Waals surface area contributed by atoms with Gasteiger partial charge in [-0.15, -0.1) is 6.58 Å². The average Bonchev–Trinajstić information content (AvgIpc) is 2.73. The molecule has 1 amide bonds. The van der Waals surface area contributed by atoms with Crippen LogP contribution in [-0.4, -0.2) is 12.5 Å². The third-order valence-corrected chi connectivity index (χ3v) is 2.02. The van der Waals surface area contributed by atoms with Gasteiger partial charge >= 0.3 is 5.91 Å². The molecule has 0 atom stereocenters. The number of benzene rings is 1. The van der Waals surface area contributed by atoms with Gasteiger partial charge in [0.2, 0.25) is 0 Å². The lowest BCUT2D eigenvalue weighted by molar-refractivity contribution is 0.0398. The zero-order valence-corrected chi connectivity index (χ0v) is 8.60. The molecule has 16 heavy (non-hydrogen) atoms. The number of para-hydroxylation sites is 1. The molecule has 1 aromatic heterocycles. The molecule has 0 spiro atoms. The SMILES string of the molecule is C=CCONC(=O)c1cc2ccccc2o1. The van der Waals surface area contributed by atoms with Crippen LogP contribution in [0.15, 0.2) is 47.4 Å². The molecule has 2 aromatic rings. The van der Waals surface area contributed by atoms with E-state index in [4.69, 9.17) is 9.25 Å². The third kappa shape index (κ3) is 2.12. The van der Waals surface area contributed by atoms with Crippen LogP contribution in [0.25, 0.3) is 11.0 Å². The summed E-state index contributed by atoms with van der Waals surface area (Å²) in [6, 6.07) is 9.08. The van der Waals surface area contributed by atoms with Crippen LogP contribution in [0.1, 0.15) is 10.6 Å². The number of carbonyl (C=O) groups is 1. The molecular weight excluding hydrogens is 206 g/mol. The van der Waals surface area contributed by atoms with Crippen molar-refractivity contribution in [3.8, 4) is 0 Å². The Bertz CT molecular complexity index is 483. The fourth-order valence-electron chi connectivity index (χ4n) is 1.31. The van der Waals surface area contributed by atoms with Crippen molar-refractivity contribution in [3.05, 3.63) is 48.7 Å². The molecule has 0 bridgehead atoms. The van der Waals surface area contributed by atoms with Crippen molar-refractivity contribution < 1.29 is 14.0 Å². The van der Waals surface area contributed by atoms with E-state index in [1.54, 1.807) is 18.2 Å². The molecule has 82 valence electrons. The van der Waals surface area contributed by atoms with E-state index in [0.717, 1.165) is 5.39 Å². The quantitative estimate of drug-likeness (QED) is 0.485. The van der Waals surface area contributed by atoms with Crippen LogP contribution in [0.3, 0.4) is 0 Å². The van der Waals surface area contributed by atoms with Gasteiger partial charge in [0.25, 0.3) is 0 Å². The maximum absolute atomic E-state index is 11.5. The number of furan rings is 1. The highest BCUT2D eigenvalue weighted by Crippen LogP contribution is 2.18. The number of carbonyl (C=O) groups excluding carboxylic acids is 1. The highest BCUT2D eigenvalue weighted by Gasteiger charge is 2.11. The highest BCUT2D eigenvalue weighted by atomic mass is 16.7. The average molecular weight is 217 g/mol. The molecule has 1 aromatic carbocycles. The molecule has 4 nitrogen and oxygen atoms in total. The van der Waals surface area contributed by atoms with Crippen LogP contribution in [-0.2, 0) is 4.84 Å². The largest absolute Gasteiger partial charge is 0.451 e. The van der Waals surface area contributed by atoms with Crippen LogP contribution in [0.2, 0.25) is 0 Å². The van der Waals surface area contributed by atoms with E-state index in [9.17, 15) is 4.79 Å². The van der Waals surface area contributed by atoms with Crippen molar-refractivity contribution in [3.63, 3.8) is 0 Å². The van der Waals surface area contributed by atoms with Gasteiger partial charge in [-0.25, -0.2) is 5.48 Å². The second-order valence-corrected chi connectivity index (χ2v) is 3.18. The van der Waals surface area contributed by atoms with Crippen molar-refractivity contribution in [1.82, 2.24) is 5.48 Å². The summed E-state index contributed by atoms with van der Waals surface area (Å²) in [6.45, 7) is 3.72. The molecule has 0 aliphatic heterocycles. The van der Waals surface area contributed by atoms with Gasteiger partial charge in [0, 0.05) is 5.39 Å². The van der Waals surface area contributed by atoms with Gasteiger partial charge in [0.1, 0.15) is 5.58 Å². The third-order valence-electron chi connectivity index (χ3n) is 2.02. The van der Waals surface area contributed by atoms with E-state index in [1.807, 2.05) is 18.2 Å². The van der Waals surface area contributed by atoms with Gasteiger partial charge in [-0.2, -0.15) is 0 Å². The zero-order chi connectivity index (χ0) is 11.4.